The van der Waals surface area contributed by atoms with Crippen LogP contribution in [-0.2, 0) is 4.74 Å². The van der Waals surface area contributed by atoms with Gasteiger partial charge in [-0.25, -0.2) is 4.39 Å². The first-order valence-corrected chi connectivity index (χ1v) is 5.82. The van der Waals surface area contributed by atoms with Crippen molar-refractivity contribution in [2.24, 2.45) is 0 Å². The van der Waals surface area contributed by atoms with E-state index >= 15 is 0 Å². The molecule has 3 nitrogen and oxygen atoms in total. The molecule has 18 heavy (non-hydrogen) atoms. The van der Waals surface area contributed by atoms with Gasteiger partial charge in [0, 0.05) is 25.2 Å². The molecule has 0 bridgehead atoms. The van der Waals surface area contributed by atoms with Crippen molar-refractivity contribution < 1.29 is 13.9 Å². The van der Waals surface area contributed by atoms with E-state index in [0.717, 1.165) is 0 Å². The Labute approximate surface area is 111 Å². The lowest BCUT2D eigenvalue weighted by molar-refractivity contribution is 0.0713. The highest BCUT2D eigenvalue weighted by atomic mass is 35.5. The molecule has 98 valence electrons. The van der Waals surface area contributed by atoms with Gasteiger partial charge >= 0.3 is 0 Å². The second-order valence-electron chi connectivity index (χ2n) is 3.66. The van der Waals surface area contributed by atoms with Gasteiger partial charge in [0.25, 0.3) is 5.91 Å². The lowest BCUT2D eigenvalue weighted by Gasteiger charge is -2.21. The summed E-state index contributed by atoms with van der Waals surface area (Å²) >= 11 is 5.76. The van der Waals surface area contributed by atoms with E-state index in [2.05, 4.69) is 6.58 Å². The highest BCUT2D eigenvalue weighted by Crippen LogP contribution is 2.16. The lowest BCUT2D eigenvalue weighted by atomic mass is 10.2. The zero-order valence-electron chi connectivity index (χ0n) is 10.2. The molecule has 0 radical (unpaired) electrons. The van der Waals surface area contributed by atoms with E-state index in [9.17, 15) is 9.18 Å². The van der Waals surface area contributed by atoms with Gasteiger partial charge in [-0.3, -0.25) is 4.79 Å². The normalized spacial score (nSPS) is 10.2. The Kier molecular flexibility index (Phi) is 5.82. The van der Waals surface area contributed by atoms with Crippen LogP contribution in [0.4, 0.5) is 4.39 Å². The maximum absolute atomic E-state index is 13.6. The van der Waals surface area contributed by atoms with Gasteiger partial charge in [0.2, 0.25) is 0 Å². The number of nitrogens with zero attached hydrogens (tertiary/aromatic N) is 1. The zero-order chi connectivity index (χ0) is 13.5. The summed E-state index contributed by atoms with van der Waals surface area (Å²) in [6.45, 7) is 4.64. The van der Waals surface area contributed by atoms with Gasteiger partial charge < -0.3 is 9.64 Å². The van der Waals surface area contributed by atoms with Crippen molar-refractivity contribution >= 4 is 17.5 Å². The van der Waals surface area contributed by atoms with Gasteiger partial charge in [-0.2, -0.15) is 0 Å². The number of carbonyl (C=O) groups is 1. The van der Waals surface area contributed by atoms with Crippen LogP contribution in [0.5, 0.6) is 0 Å². The number of hydrogen-bond donors (Lipinski definition) is 0. The Morgan fingerprint density at radius 3 is 2.94 bits per heavy atom. The summed E-state index contributed by atoms with van der Waals surface area (Å²) in [6, 6.07) is 3.90. The minimum Gasteiger partial charge on any atom is -0.383 e. The van der Waals surface area contributed by atoms with E-state index < -0.39 is 11.7 Å². The third kappa shape index (κ3) is 3.82. The molecule has 0 aliphatic rings. The van der Waals surface area contributed by atoms with Crippen LogP contribution in [0.15, 0.2) is 30.9 Å². The van der Waals surface area contributed by atoms with Crippen LogP contribution in [0, 0.1) is 5.82 Å². The Bertz CT molecular complexity index is 437. The summed E-state index contributed by atoms with van der Waals surface area (Å²) in [5, 5.41) is 0.324. The average molecular weight is 272 g/mol. The van der Waals surface area contributed by atoms with Gasteiger partial charge in [0.05, 0.1) is 12.2 Å². The highest BCUT2D eigenvalue weighted by Gasteiger charge is 2.18. The van der Waals surface area contributed by atoms with Gasteiger partial charge in [-0.1, -0.05) is 17.7 Å². The summed E-state index contributed by atoms with van der Waals surface area (Å²) in [7, 11) is 1.54. The van der Waals surface area contributed by atoms with E-state index in [4.69, 9.17) is 16.3 Å². The van der Waals surface area contributed by atoms with Crippen LogP contribution in [-0.4, -0.2) is 37.6 Å². The lowest BCUT2D eigenvalue weighted by Crippen LogP contribution is -2.34. The third-order valence-electron chi connectivity index (χ3n) is 2.36. The minimum atomic E-state index is -0.587. The minimum absolute atomic E-state index is 0.0412. The summed E-state index contributed by atoms with van der Waals surface area (Å²) < 4.78 is 18.5. The quantitative estimate of drug-likeness (QED) is 0.745. The first-order valence-electron chi connectivity index (χ1n) is 5.44. The summed E-state index contributed by atoms with van der Waals surface area (Å²) in [6.07, 6.45) is 1.58. The van der Waals surface area contributed by atoms with Crippen LogP contribution >= 0.6 is 11.6 Å². The summed E-state index contributed by atoms with van der Waals surface area (Å²) in [5.74, 6) is -1.01. The third-order valence-corrected chi connectivity index (χ3v) is 2.60. The maximum Gasteiger partial charge on any atom is 0.257 e. The van der Waals surface area contributed by atoms with Gasteiger partial charge in [0.15, 0.2) is 0 Å². The smallest absolute Gasteiger partial charge is 0.257 e. The van der Waals surface area contributed by atoms with Gasteiger partial charge in [-0.15, -0.1) is 6.58 Å². The fraction of sp³-hybridized carbons (Fsp3) is 0.308. The molecule has 0 spiro atoms. The van der Waals surface area contributed by atoms with Crippen molar-refractivity contribution in [3.63, 3.8) is 0 Å². The number of amides is 1. The number of ether oxygens (including phenoxy) is 1. The fourth-order valence-corrected chi connectivity index (χ4v) is 1.64. The molecule has 0 saturated heterocycles. The largest absolute Gasteiger partial charge is 0.383 e. The molecule has 0 aliphatic carbocycles. The zero-order valence-corrected chi connectivity index (χ0v) is 10.9. The number of hydrogen-bond acceptors (Lipinski definition) is 2. The monoisotopic (exact) mass is 271 g/mol. The van der Waals surface area contributed by atoms with E-state index in [1.165, 1.54) is 30.2 Å². The van der Waals surface area contributed by atoms with Gasteiger partial charge in [0.1, 0.15) is 5.82 Å². The Morgan fingerprint density at radius 1 is 1.61 bits per heavy atom. The number of halogens is 2. The van der Waals surface area contributed by atoms with E-state index in [1.807, 2.05) is 0 Å². The summed E-state index contributed by atoms with van der Waals surface area (Å²) in [5.41, 5.74) is -0.0412. The molecular formula is C13H15ClFNO2. The molecular weight excluding hydrogens is 257 g/mol. The second kappa shape index (κ2) is 7.13. The first-order chi connectivity index (χ1) is 8.60. The number of methoxy groups -OCH3 is 1. The SMILES string of the molecule is C=CCN(CCOC)C(=O)c1cc(Cl)ccc1F. The van der Waals surface area contributed by atoms with E-state index in [-0.39, 0.29) is 5.56 Å². The predicted molar refractivity (Wildman–Crippen MR) is 69.4 cm³/mol. The Hall–Kier alpha value is -1.39. The molecule has 0 heterocycles. The molecule has 1 aromatic rings. The average Bonchev–Trinajstić information content (AvgIpc) is 2.36. The van der Waals surface area contributed by atoms with E-state index in [0.29, 0.717) is 24.7 Å². The first kappa shape index (κ1) is 14.7. The van der Waals surface area contributed by atoms with Crippen molar-refractivity contribution in [3.8, 4) is 0 Å². The highest BCUT2D eigenvalue weighted by molar-refractivity contribution is 6.31. The fourth-order valence-electron chi connectivity index (χ4n) is 1.46. The molecule has 0 aliphatic heterocycles. The second-order valence-corrected chi connectivity index (χ2v) is 4.09. The number of carbonyl (C=O) groups excluding carboxylic acids is 1. The van der Waals surface area contributed by atoms with E-state index in [1.54, 1.807) is 6.08 Å². The summed E-state index contributed by atoms with van der Waals surface area (Å²) in [4.78, 5) is 13.6. The van der Waals surface area contributed by atoms with Crippen molar-refractivity contribution in [2.45, 2.75) is 0 Å². The molecule has 1 amide bonds. The van der Waals surface area contributed by atoms with Crippen molar-refractivity contribution in [1.82, 2.24) is 4.90 Å². The molecule has 0 fully saturated rings. The molecule has 0 atom stereocenters. The molecule has 5 heteroatoms. The Morgan fingerprint density at radius 2 is 2.33 bits per heavy atom. The molecule has 0 unspecified atom stereocenters. The molecule has 1 aromatic carbocycles. The number of rotatable bonds is 6. The topological polar surface area (TPSA) is 29.5 Å². The van der Waals surface area contributed by atoms with Crippen LogP contribution in [0.1, 0.15) is 10.4 Å². The van der Waals surface area contributed by atoms with Crippen molar-refractivity contribution in [2.75, 3.05) is 26.8 Å². The van der Waals surface area contributed by atoms with Gasteiger partial charge in [-0.05, 0) is 18.2 Å². The molecule has 1 rings (SSSR count). The molecule has 0 N–H and O–H groups in total. The molecule has 0 saturated carbocycles. The van der Waals surface area contributed by atoms with Crippen LogP contribution in [0.3, 0.4) is 0 Å². The van der Waals surface area contributed by atoms with Crippen LogP contribution in [0.2, 0.25) is 5.02 Å². The van der Waals surface area contributed by atoms with Crippen LogP contribution < -0.4 is 0 Å². The predicted octanol–water partition coefficient (Wildman–Crippen LogP) is 2.75. The maximum atomic E-state index is 13.6. The van der Waals surface area contributed by atoms with Crippen LogP contribution in [0.25, 0.3) is 0 Å². The standard InChI is InChI=1S/C13H15ClFNO2/c1-3-6-16(7-8-18-2)13(17)11-9-10(14)4-5-12(11)15/h3-5,9H,1,6-8H2,2H3. The molecule has 0 aromatic heterocycles. The number of benzene rings is 1. The van der Waals surface area contributed by atoms with Crippen molar-refractivity contribution in [3.05, 3.63) is 47.3 Å². The van der Waals surface area contributed by atoms with Crippen molar-refractivity contribution in [1.29, 1.82) is 0 Å². The Balaban J connectivity index is 2.93.